The Morgan fingerprint density at radius 1 is 1.37 bits per heavy atom. The molecule has 0 bridgehead atoms. The number of carbonyl (C=O) groups is 1. The average Bonchev–Trinajstić information content (AvgIpc) is 2.39. The van der Waals surface area contributed by atoms with Crippen LogP contribution in [0.4, 0.5) is 5.69 Å². The van der Waals surface area contributed by atoms with Crippen LogP contribution in [0.3, 0.4) is 0 Å². The molecule has 1 rings (SSSR count). The molecule has 0 heterocycles. The zero-order valence-corrected chi connectivity index (χ0v) is 12.1. The second-order valence-corrected chi connectivity index (χ2v) is 4.66. The predicted octanol–water partition coefficient (Wildman–Crippen LogP) is 2.49. The number of nitrogens with two attached hydrogens (primary N) is 1. The maximum absolute atomic E-state index is 10.7. The third-order valence-corrected chi connectivity index (χ3v) is 3.24. The number of anilines is 1. The van der Waals surface area contributed by atoms with E-state index in [2.05, 4.69) is 30.0 Å². The number of primary amides is 1. The van der Waals surface area contributed by atoms with E-state index in [1.165, 1.54) is 0 Å². The first kappa shape index (κ1) is 15.3. The van der Waals surface area contributed by atoms with E-state index in [-0.39, 0.29) is 5.91 Å². The Labute approximate surface area is 115 Å². The van der Waals surface area contributed by atoms with Crippen LogP contribution in [-0.2, 0) is 4.79 Å². The molecule has 0 unspecified atom stereocenters. The molecule has 1 aromatic rings. The van der Waals surface area contributed by atoms with E-state index in [1.807, 2.05) is 6.92 Å². The summed E-state index contributed by atoms with van der Waals surface area (Å²) in [4.78, 5) is 13.0. The van der Waals surface area contributed by atoms with E-state index >= 15 is 0 Å². The molecule has 0 spiro atoms. The topological polar surface area (TPSA) is 55.6 Å². The fraction of sp³-hybridized carbons (Fsp3) is 0.533. The summed E-state index contributed by atoms with van der Waals surface area (Å²) >= 11 is 0. The van der Waals surface area contributed by atoms with Crippen molar-refractivity contribution in [3.63, 3.8) is 0 Å². The van der Waals surface area contributed by atoms with Gasteiger partial charge >= 0.3 is 0 Å². The minimum absolute atomic E-state index is 0.222. The Balaban J connectivity index is 2.61. The number of aryl methyl sites for hydroxylation is 1. The van der Waals surface area contributed by atoms with E-state index in [4.69, 9.17) is 10.5 Å². The molecule has 0 aromatic heterocycles. The molecule has 4 nitrogen and oxygen atoms in total. The molecule has 2 N–H and O–H groups in total. The number of carbonyl (C=O) groups excluding carboxylic acids is 1. The maximum Gasteiger partial charge on any atom is 0.217 e. The van der Waals surface area contributed by atoms with Gasteiger partial charge in [-0.3, -0.25) is 4.79 Å². The van der Waals surface area contributed by atoms with Crippen LogP contribution < -0.4 is 15.4 Å². The summed E-state index contributed by atoms with van der Waals surface area (Å²) in [5.74, 6) is 0.688. The zero-order valence-electron chi connectivity index (χ0n) is 12.1. The highest BCUT2D eigenvalue weighted by Crippen LogP contribution is 2.25. The standard InChI is InChI=1S/C15H24N2O2/c1-4-17(10-6-5-7-15(16)18)13-9-8-12(2)14(11-13)19-3/h8-9,11H,4-7,10H2,1-3H3,(H2,16,18). The van der Waals surface area contributed by atoms with Crippen LogP contribution in [0.1, 0.15) is 31.7 Å². The number of unbranched alkanes of at least 4 members (excludes halogenated alkanes) is 1. The molecule has 0 saturated heterocycles. The summed E-state index contributed by atoms with van der Waals surface area (Å²) in [5, 5.41) is 0. The van der Waals surface area contributed by atoms with Gasteiger partial charge in [0.25, 0.3) is 0 Å². The van der Waals surface area contributed by atoms with E-state index in [0.29, 0.717) is 6.42 Å². The van der Waals surface area contributed by atoms with Gasteiger partial charge in [-0.25, -0.2) is 0 Å². The van der Waals surface area contributed by atoms with Crippen LogP contribution in [0, 0.1) is 6.92 Å². The summed E-state index contributed by atoms with van der Waals surface area (Å²) in [6.45, 7) is 6.02. The van der Waals surface area contributed by atoms with Crippen molar-refractivity contribution in [1.29, 1.82) is 0 Å². The Bertz CT molecular complexity index is 419. The van der Waals surface area contributed by atoms with Crippen LogP contribution in [0.5, 0.6) is 5.75 Å². The first-order valence-corrected chi connectivity index (χ1v) is 6.76. The van der Waals surface area contributed by atoms with Crippen molar-refractivity contribution >= 4 is 11.6 Å². The number of hydrogen-bond acceptors (Lipinski definition) is 3. The lowest BCUT2D eigenvalue weighted by Crippen LogP contribution is -2.24. The molecule has 4 heteroatoms. The van der Waals surface area contributed by atoms with Crippen LogP contribution in [0.2, 0.25) is 0 Å². The number of rotatable bonds is 8. The van der Waals surface area contributed by atoms with E-state index in [9.17, 15) is 4.79 Å². The molecule has 0 atom stereocenters. The predicted molar refractivity (Wildman–Crippen MR) is 78.7 cm³/mol. The van der Waals surface area contributed by atoms with Gasteiger partial charge in [0.1, 0.15) is 5.75 Å². The third kappa shape index (κ3) is 4.81. The number of benzene rings is 1. The lowest BCUT2D eigenvalue weighted by atomic mass is 10.1. The van der Waals surface area contributed by atoms with E-state index in [1.54, 1.807) is 7.11 Å². The molecule has 0 aliphatic rings. The van der Waals surface area contributed by atoms with Crippen LogP contribution >= 0.6 is 0 Å². The molecule has 0 fully saturated rings. The van der Waals surface area contributed by atoms with Gasteiger partial charge < -0.3 is 15.4 Å². The number of hydrogen-bond donors (Lipinski definition) is 1. The first-order chi connectivity index (χ1) is 9.08. The molecule has 0 aliphatic heterocycles. The largest absolute Gasteiger partial charge is 0.496 e. The summed E-state index contributed by atoms with van der Waals surface area (Å²) in [5.41, 5.74) is 7.43. The Kier molecular flexibility index (Phi) is 6.19. The van der Waals surface area contributed by atoms with Crippen molar-refractivity contribution in [2.75, 3.05) is 25.1 Å². The Morgan fingerprint density at radius 2 is 2.11 bits per heavy atom. The monoisotopic (exact) mass is 264 g/mol. The van der Waals surface area contributed by atoms with Crippen LogP contribution in [0.15, 0.2) is 18.2 Å². The van der Waals surface area contributed by atoms with Gasteiger partial charge in [-0.15, -0.1) is 0 Å². The third-order valence-electron chi connectivity index (χ3n) is 3.24. The Morgan fingerprint density at radius 3 is 2.68 bits per heavy atom. The molecule has 19 heavy (non-hydrogen) atoms. The molecule has 1 aromatic carbocycles. The van der Waals surface area contributed by atoms with Gasteiger partial charge in [0, 0.05) is 31.3 Å². The number of methoxy groups -OCH3 is 1. The van der Waals surface area contributed by atoms with E-state index < -0.39 is 0 Å². The van der Waals surface area contributed by atoms with Crippen molar-refractivity contribution in [3.05, 3.63) is 23.8 Å². The van der Waals surface area contributed by atoms with E-state index in [0.717, 1.165) is 42.9 Å². The molecule has 0 saturated carbocycles. The first-order valence-electron chi connectivity index (χ1n) is 6.76. The maximum atomic E-state index is 10.7. The summed E-state index contributed by atoms with van der Waals surface area (Å²) < 4.78 is 5.35. The molecule has 1 amide bonds. The fourth-order valence-electron chi connectivity index (χ4n) is 2.08. The minimum atomic E-state index is -0.222. The van der Waals surface area contributed by atoms with Crippen LogP contribution in [0.25, 0.3) is 0 Å². The molecular formula is C15H24N2O2. The molecule has 0 radical (unpaired) electrons. The SMILES string of the molecule is CCN(CCCCC(N)=O)c1ccc(C)c(OC)c1. The smallest absolute Gasteiger partial charge is 0.217 e. The van der Waals surface area contributed by atoms with Gasteiger partial charge in [0.15, 0.2) is 0 Å². The van der Waals surface area contributed by atoms with Gasteiger partial charge in [-0.05, 0) is 38.3 Å². The number of nitrogens with zero attached hydrogens (tertiary/aromatic N) is 1. The minimum Gasteiger partial charge on any atom is -0.496 e. The lowest BCUT2D eigenvalue weighted by Gasteiger charge is -2.24. The zero-order chi connectivity index (χ0) is 14.3. The van der Waals surface area contributed by atoms with Gasteiger partial charge in [0.2, 0.25) is 5.91 Å². The quantitative estimate of drug-likeness (QED) is 0.734. The second-order valence-electron chi connectivity index (χ2n) is 4.66. The summed E-state index contributed by atoms with van der Waals surface area (Å²) in [6, 6.07) is 6.24. The average molecular weight is 264 g/mol. The highest BCUT2D eigenvalue weighted by atomic mass is 16.5. The Hall–Kier alpha value is -1.71. The van der Waals surface area contributed by atoms with Gasteiger partial charge in [-0.1, -0.05) is 6.07 Å². The van der Waals surface area contributed by atoms with Crippen molar-refractivity contribution in [1.82, 2.24) is 0 Å². The lowest BCUT2D eigenvalue weighted by molar-refractivity contribution is -0.118. The number of ether oxygens (including phenoxy) is 1. The van der Waals surface area contributed by atoms with Crippen LogP contribution in [-0.4, -0.2) is 26.1 Å². The summed E-state index contributed by atoms with van der Waals surface area (Å²) in [6.07, 6.45) is 2.27. The van der Waals surface area contributed by atoms with Crippen molar-refractivity contribution in [2.24, 2.45) is 5.73 Å². The van der Waals surface area contributed by atoms with Crippen molar-refractivity contribution in [3.8, 4) is 5.75 Å². The normalized spacial score (nSPS) is 10.3. The second kappa shape index (κ2) is 7.67. The van der Waals surface area contributed by atoms with Crippen molar-refractivity contribution in [2.45, 2.75) is 33.1 Å². The summed E-state index contributed by atoms with van der Waals surface area (Å²) in [7, 11) is 1.69. The highest BCUT2D eigenvalue weighted by Gasteiger charge is 2.07. The molecule has 106 valence electrons. The van der Waals surface area contributed by atoms with Crippen molar-refractivity contribution < 1.29 is 9.53 Å². The number of amides is 1. The fourth-order valence-corrected chi connectivity index (χ4v) is 2.08. The van der Waals surface area contributed by atoms with Gasteiger partial charge in [0.05, 0.1) is 7.11 Å². The highest BCUT2D eigenvalue weighted by molar-refractivity contribution is 5.73. The molecule has 0 aliphatic carbocycles. The molecular weight excluding hydrogens is 240 g/mol. The van der Waals surface area contributed by atoms with Gasteiger partial charge in [-0.2, -0.15) is 0 Å².